The van der Waals surface area contributed by atoms with Gasteiger partial charge in [-0.25, -0.2) is 23.1 Å². The molecule has 10 nitrogen and oxygen atoms in total. The number of morpholine rings is 1. The normalized spacial score (nSPS) is 14.6. The lowest BCUT2D eigenvalue weighted by atomic mass is 10.1. The van der Waals surface area contributed by atoms with E-state index < -0.39 is 10.0 Å². The molecular formula is C25H26N6O4S2. The Morgan fingerprint density at radius 2 is 1.81 bits per heavy atom. The summed E-state index contributed by atoms with van der Waals surface area (Å²) in [5.41, 5.74) is 4.45. The van der Waals surface area contributed by atoms with E-state index in [1.807, 2.05) is 12.1 Å². The fourth-order valence-corrected chi connectivity index (χ4v) is 6.13. The van der Waals surface area contributed by atoms with Crippen LogP contribution in [0.2, 0.25) is 0 Å². The number of carbonyl (C=O) groups excluding carboxylic acids is 1. The lowest BCUT2D eigenvalue weighted by molar-refractivity contribution is -0.113. The average Bonchev–Trinajstić information content (AvgIpc) is 3.35. The Morgan fingerprint density at radius 3 is 2.54 bits per heavy atom. The number of carbonyl (C=O) groups is 1. The van der Waals surface area contributed by atoms with E-state index in [-0.39, 0.29) is 16.6 Å². The van der Waals surface area contributed by atoms with Crippen LogP contribution < -0.4 is 5.32 Å². The number of hydrogen-bond donors (Lipinski definition) is 1. The van der Waals surface area contributed by atoms with Crippen molar-refractivity contribution in [3.8, 4) is 5.69 Å². The molecule has 0 unspecified atom stereocenters. The Bertz CT molecular complexity index is 1550. The molecule has 1 saturated heterocycles. The van der Waals surface area contributed by atoms with Gasteiger partial charge in [0.05, 0.1) is 41.1 Å². The van der Waals surface area contributed by atoms with E-state index in [2.05, 4.69) is 40.3 Å². The highest BCUT2D eigenvalue weighted by atomic mass is 32.2. The van der Waals surface area contributed by atoms with Crippen molar-refractivity contribution >= 4 is 44.4 Å². The number of anilines is 1. The van der Waals surface area contributed by atoms with Crippen LogP contribution in [-0.2, 0) is 19.6 Å². The monoisotopic (exact) mass is 538 g/mol. The molecule has 5 rings (SSSR count). The minimum Gasteiger partial charge on any atom is -0.379 e. The highest BCUT2D eigenvalue weighted by Gasteiger charge is 2.26. The molecule has 1 aliphatic heterocycles. The van der Waals surface area contributed by atoms with E-state index in [1.165, 1.54) is 40.1 Å². The van der Waals surface area contributed by atoms with Crippen LogP contribution in [0.25, 0.3) is 16.7 Å². The summed E-state index contributed by atoms with van der Waals surface area (Å²) in [6.07, 6.45) is 3.17. The summed E-state index contributed by atoms with van der Waals surface area (Å²) in [6, 6.07) is 12.3. The number of ether oxygens (including phenoxy) is 1. The Labute approximate surface area is 219 Å². The Hall–Kier alpha value is -3.32. The molecule has 2 aromatic carbocycles. The number of nitrogens with one attached hydrogen (secondary N) is 1. The molecule has 1 fully saturated rings. The van der Waals surface area contributed by atoms with Gasteiger partial charge in [0, 0.05) is 18.8 Å². The Morgan fingerprint density at radius 1 is 1.05 bits per heavy atom. The number of aromatic nitrogens is 4. The standard InChI is InChI=1S/C25H26N6O4S2/c1-17-3-6-20(13-18(17)2)31-24-22(14-28-31)25(27-16-26-24)36-15-23(32)29-19-4-7-21(8-5-19)37(33,34)30-9-11-35-12-10-30/h3-8,13-14,16H,9-12,15H2,1-2H3,(H,29,32). The van der Waals surface area contributed by atoms with Crippen LogP contribution in [0.4, 0.5) is 5.69 Å². The number of amides is 1. The maximum atomic E-state index is 12.8. The van der Waals surface area contributed by atoms with Crippen LogP contribution in [0.15, 0.2) is 64.9 Å². The molecule has 0 saturated carbocycles. The van der Waals surface area contributed by atoms with Gasteiger partial charge in [-0.1, -0.05) is 17.8 Å². The first-order valence-electron chi connectivity index (χ1n) is 11.7. The minimum atomic E-state index is -3.58. The molecule has 192 valence electrons. The largest absolute Gasteiger partial charge is 0.379 e. The summed E-state index contributed by atoms with van der Waals surface area (Å²) < 4.78 is 33.9. The van der Waals surface area contributed by atoms with E-state index in [4.69, 9.17) is 4.74 Å². The fraction of sp³-hybridized carbons (Fsp3) is 0.280. The lowest BCUT2D eigenvalue weighted by Gasteiger charge is -2.26. The van der Waals surface area contributed by atoms with Gasteiger partial charge in [0.1, 0.15) is 11.4 Å². The summed E-state index contributed by atoms with van der Waals surface area (Å²) in [5.74, 6) is -0.114. The molecule has 0 radical (unpaired) electrons. The number of thioether (sulfide) groups is 1. The van der Waals surface area contributed by atoms with Crippen molar-refractivity contribution in [1.29, 1.82) is 0 Å². The number of sulfonamides is 1. The van der Waals surface area contributed by atoms with Crippen LogP contribution in [0.3, 0.4) is 0 Å². The van der Waals surface area contributed by atoms with Gasteiger partial charge in [0.15, 0.2) is 5.65 Å². The predicted octanol–water partition coefficient (Wildman–Crippen LogP) is 3.18. The van der Waals surface area contributed by atoms with Crippen LogP contribution in [-0.4, -0.2) is 70.4 Å². The van der Waals surface area contributed by atoms with Gasteiger partial charge in [-0.3, -0.25) is 4.79 Å². The van der Waals surface area contributed by atoms with Crippen LogP contribution in [0.5, 0.6) is 0 Å². The number of hydrogen-bond acceptors (Lipinski definition) is 8. The maximum absolute atomic E-state index is 12.8. The third kappa shape index (κ3) is 5.37. The van der Waals surface area contributed by atoms with Crippen LogP contribution >= 0.6 is 11.8 Å². The third-order valence-corrected chi connectivity index (χ3v) is 9.07. The van der Waals surface area contributed by atoms with Gasteiger partial charge >= 0.3 is 0 Å². The average molecular weight is 539 g/mol. The number of benzene rings is 2. The quantitative estimate of drug-likeness (QED) is 0.282. The van der Waals surface area contributed by atoms with Crippen LogP contribution in [0, 0.1) is 13.8 Å². The van der Waals surface area contributed by atoms with Crippen molar-refractivity contribution in [2.45, 2.75) is 23.8 Å². The third-order valence-electron chi connectivity index (χ3n) is 6.15. The highest BCUT2D eigenvalue weighted by molar-refractivity contribution is 8.00. The van der Waals surface area contributed by atoms with Crippen molar-refractivity contribution < 1.29 is 17.9 Å². The van der Waals surface area contributed by atoms with Crippen molar-refractivity contribution in [3.63, 3.8) is 0 Å². The van der Waals surface area contributed by atoms with Crippen molar-refractivity contribution in [1.82, 2.24) is 24.1 Å². The molecule has 3 heterocycles. The number of fused-ring (bicyclic) bond motifs is 1. The molecule has 0 bridgehead atoms. The summed E-state index contributed by atoms with van der Waals surface area (Å²) in [5, 5.41) is 8.72. The van der Waals surface area contributed by atoms with E-state index in [9.17, 15) is 13.2 Å². The molecule has 1 aliphatic rings. The second kappa shape index (κ2) is 10.6. The molecule has 1 N–H and O–H groups in total. The molecule has 37 heavy (non-hydrogen) atoms. The Kier molecular flexibility index (Phi) is 7.24. The van der Waals surface area contributed by atoms with E-state index >= 15 is 0 Å². The molecular weight excluding hydrogens is 512 g/mol. The number of aryl methyl sites for hydroxylation is 2. The Balaban J connectivity index is 1.24. The second-order valence-electron chi connectivity index (χ2n) is 8.62. The van der Waals surface area contributed by atoms with Gasteiger partial charge in [0.25, 0.3) is 0 Å². The van der Waals surface area contributed by atoms with Gasteiger partial charge in [-0.05, 0) is 61.4 Å². The number of nitrogens with zero attached hydrogens (tertiary/aromatic N) is 5. The molecule has 12 heteroatoms. The first-order chi connectivity index (χ1) is 17.8. The van der Waals surface area contributed by atoms with Gasteiger partial charge < -0.3 is 10.1 Å². The zero-order valence-corrected chi connectivity index (χ0v) is 22.1. The first kappa shape index (κ1) is 25.3. The fourth-order valence-electron chi connectivity index (χ4n) is 3.96. The highest BCUT2D eigenvalue weighted by Crippen LogP contribution is 2.27. The zero-order valence-electron chi connectivity index (χ0n) is 20.4. The van der Waals surface area contributed by atoms with E-state index in [0.29, 0.717) is 42.7 Å². The van der Waals surface area contributed by atoms with Gasteiger partial charge in [-0.2, -0.15) is 9.40 Å². The summed E-state index contributed by atoms with van der Waals surface area (Å²) in [7, 11) is -3.58. The maximum Gasteiger partial charge on any atom is 0.243 e. The summed E-state index contributed by atoms with van der Waals surface area (Å²) in [6.45, 7) is 5.54. The smallest absolute Gasteiger partial charge is 0.243 e. The topological polar surface area (TPSA) is 119 Å². The van der Waals surface area contributed by atoms with Crippen molar-refractivity contribution in [3.05, 3.63) is 66.1 Å². The molecule has 1 amide bonds. The van der Waals surface area contributed by atoms with Gasteiger partial charge in [0.2, 0.25) is 15.9 Å². The lowest BCUT2D eigenvalue weighted by Crippen LogP contribution is -2.40. The minimum absolute atomic E-state index is 0.120. The predicted molar refractivity (Wildman–Crippen MR) is 142 cm³/mol. The van der Waals surface area contributed by atoms with Crippen molar-refractivity contribution in [2.24, 2.45) is 0 Å². The molecule has 4 aromatic rings. The molecule has 0 aliphatic carbocycles. The molecule has 0 spiro atoms. The number of rotatable bonds is 7. The first-order valence-corrected chi connectivity index (χ1v) is 14.1. The van der Waals surface area contributed by atoms with E-state index in [1.54, 1.807) is 23.0 Å². The molecule has 0 atom stereocenters. The van der Waals surface area contributed by atoms with E-state index in [0.717, 1.165) is 16.6 Å². The SMILES string of the molecule is Cc1ccc(-n2ncc3c(SCC(=O)Nc4ccc(S(=O)(=O)N5CCOCC5)cc4)ncnc32)cc1C. The van der Waals surface area contributed by atoms with Gasteiger partial charge in [-0.15, -0.1) is 0 Å². The summed E-state index contributed by atoms with van der Waals surface area (Å²) >= 11 is 1.29. The zero-order chi connectivity index (χ0) is 26.0. The van der Waals surface area contributed by atoms with Crippen LogP contribution in [0.1, 0.15) is 11.1 Å². The second-order valence-corrected chi connectivity index (χ2v) is 11.5. The van der Waals surface area contributed by atoms with Crippen molar-refractivity contribution in [2.75, 3.05) is 37.4 Å². The summed E-state index contributed by atoms with van der Waals surface area (Å²) in [4.78, 5) is 21.5. The molecule has 2 aromatic heterocycles.